The molecule has 2 unspecified atom stereocenters. The molecule has 2 atom stereocenters. The summed E-state index contributed by atoms with van der Waals surface area (Å²) in [7, 11) is 3.28. The van der Waals surface area contributed by atoms with Crippen molar-refractivity contribution in [3.63, 3.8) is 0 Å². The molecule has 0 bridgehead atoms. The van der Waals surface area contributed by atoms with Crippen molar-refractivity contribution in [1.29, 1.82) is 0 Å². The van der Waals surface area contributed by atoms with Gasteiger partial charge in [-0.05, 0) is 83.1 Å². The van der Waals surface area contributed by atoms with E-state index in [-0.39, 0.29) is 26.1 Å². The lowest BCUT2D eigenvalue weighted by Gasteiger charge is -2.35. The highest BCUT2D eigenvalue weighted by Gasteiger charge is 2.37. The second-order valence-electron chi connectivity index (χ2n) is 17.8. The Bertz CT molecular complexity index is 2090. The number of hydrogen-bond donors (Lipinski definition) is 1. The lowest BCUT2D eigenvalue weighted by atomic mass is 9.98. The van der Waals surface area contributed by atoms with Crippen molar-refractivity contribution in [2.45, 2.75) is 130 Å². The largest absolute Gasteiger partial charge is 0.465 e. The van der Waals surface area contributed by atoms with E-state index in [0.717, 1.165) is 11.1 Å². The molecule has 2 N–H and O–H groups in total. The maximum atomic E-state index is 13.0. The molecule has 0 aliphatic rings. The van der Waals surface area contributed by atoms with Gasteiger partial charge in [0.15, 0.2) is 6.04 Å². The zero-order chi connectivity index (χ0) is 47.3. The van der Waals surface area contributed by atoms with Crippen LogP contribution in [0.15, 0.2) is 86.8 Å². The Morgan fingerprint density at radius 3 is 1.40 bits per heavy atom. The first kappa shape index (κ1) is 51.3. The Hall–Kier alpha value is -6.03. The zero-order valence-corrected chi connectivity index (χ0v) is 39.3. The number of nitrogens with zero attached hydrogens (tertiary/aromatic N) is 5. The number of carbonyl (C=O) groups is 4. The van der Waals surface area contributed by atoms with Gasteiger partial charge in [-0.25, -0.2) is 14.4 Å². The van der Waals surface area contributed by atoms with Gasteiger partial charge in [0.05, 0.1) is 30.0 Å². The molecule has 2 heterocycles. The summed E-state index contributed by atoms with van der Waals surface area (Å²) in [5, 5.41) is 8.23. The minimum atomic E-state index is -0.863. The number of carbonyl (C=O) groups excluding carboxylic acids is 4. The second-order valence-corrected chi connectivity index (χ2v) is 17.8. The quantitative estimate of drug-likeness (QED) is 0.0685. The Kier molecular flexibility index (Phi) is 17.8. The van der Waals surface area contributed by atoms with Crippen LogP contribution < -0.4 is 5.73 Å². The van der Waals surface area contributed by atoms with Gasteiger partial charge in [-0.3, -0.25) is 9.79 Å². The summed E-state index contributed by atoms with van der Waals surface area (Å²) in [6.07, 6.45) is -0.638. The van der Waals surface area contributed by atoms with Crippen molar-refractivity contribution in [3.8, 4) is 0 Å². The van der Waals surface area contributed by atoms with Gasteiger partial charge in [-0.2, -0.15) is 0 Å². The molecular formula is C47H66N6O10. The number of rotatable bonds is 15. The van der Waals surface area contributed by atoms with Gasteiger partial charge in [0, 0.05) is 50.2 Å². The number of benzene rings is 2. The summed E-state index contributed by atoms with van der Waals surface area (Å²) in [4.78, 5) is 57.4. The Morgan fingerprint density at radius 2 is 1.02 bits per heavy atom. The highest BCUT2D eigenvalue weighted by molar-refractivity contribution is 6.13. The number of amides is 2. The molecule has 16 heteroatoms. The van der Waals surface area contributed by atoms with Gasteiger partial charge in [0.1, 0.15) is 40.2 Å². The van der Waals surface area contributed by atoms with E-state index < -0.39 is 58.5 Å². The lowest BCUT2D eigenvalue weighted by molar-refractivity contribution is -0.145. The van der Waals surface area contributed by atoms with E-state index in [1.54, 1.807) is 60.8 Å². The predicted octanol–water partition coefficient (Wildman–Crippen LogP) is 8.00. The molecule has 0 saturated heterocycles. The molecule has 0 saturated carbocycles. The molecule has 63 heavy (non-hydrogen) atoms. The topological polar surface area (TPSA) is 202 Å². The van der Waals surface area contributed by atoms with Crippen molar-refractivity contribution >= 4 is 29.8 Å². The molecule has 0 radical (unpaired) electrons. The minimum absolute atomic E-state index is 0.140. The van der Waals surface area contributed by atoms with Crippen LogP contribution >= 0.6 is 0 Å². The summed E-state index contributed by atoms with van der Waals surface area (Å²) < 4.78 is 32.0. The van der Waals surface area contributed by atoms with E-state index in [2.05, 4.69) is 10.3 Å². The summed E-state index contributed by atoms with van der Waals surface area (Å²) in [5.74, 6) is -0.0558. The first-order valence-corrected chi connectivity index (χ1v) is 20.9. The molecule has 16 nitrogen and oxygen atoms in total. The number of aromatic nitrogens is 2. The third-order valence-electron chi connectivity index (χ3n) is 9.73. The van der Waals surface area contributed by atoms with Crippen molar-refractivity contribution in [2.24, 2.45) is 10.7 Å². The molecule has 0 fully saturated rings. The highest BCUT2D eigenvalue weighted by Crippen LogP contribution is 2.30. The van der Waals surface area contributed by atoms with Gasteiger partial charge >= 0.3 is 24.1 Å². The smallest absolute Gasteiger partial charge is 0.410 e. The number of esters is 2. The Morgan fingerprint density at radius 1 is 0.635 bits per heavy atom. The summed E-state index contributed by atoms with van der Waals surface area (Å²) in [6.45, 7) is 22.2. The third-order valence-corrected chi connectivity index (χ3v) is 9.73. The minimum Gasteiger partial charge on any atom is -0.465 e. The maximum Gasteiger partial charge on any atom is 0.410 e. The standard InChI is InChI=1S/C30H37N3O5.C17H29N3O5/c1-8-36-27(34)24(31-26(21-15-11-9-12-16-21)22-17-13-10-14-18-22)19-23-20-25(32-38-23)30(5,6)33(7)28(35)37-29(2,3)4;1-8-23-14(21)12(18)9-11-10-13(19-25-11)17(5,6)20(7)15(22)24-16(2,3)4/h9-18,20,24H,8,19H2,1-7H3;10,12H,8-9,18H2,1-7H3. The van der Waals surface area contributed by atoms with Gasteiger partial charge in [0.25, 0.3) is 0 Å². The molecule has 2 aromatic heterocycles. The van der Waals surface area contributed by atoms with Crippen LogP contribution in [-0.2, 0) is 52.5 Å². The molecule has 0 spiro atoms. The summed E-state index contributed by atoms with van der Waals surface area (Å²) in [6, 6.07) is 21.1. The SMILES string of the molecule is CCOC(=O)C(Cc1cc(C(C)(C)N(C)C(=O)OC(C)(C)C)no1)N=C(c1ccccc1)c1ccccc1.CCOC(=O)C(N)Cc1cc(C(C)(C)N(C)C(=O)OC(C)(C)C)no1. The Labute approximate surface area is 371 Å². The molecular weight excluding hydrogens is 809 g/mol. The van der Waals surface area contributed by atoms with Crippen LogP contribution in [0.2, 0.25) is 0 Å². The monoisotopic (exact) mass is 874 g/mol. The molecule has 4 aromatic rings. The van der Waals surface area contributed by atoms with E-state index in [1.807, 2.05) is 109 Å². The Balaban J connectivity index is 0.000000367. The number of nitrogens with two attached hydrogens (primary N) is 1. The fraction of sp³-hybridized carbons (Fsp3) is 0.511. The normalized spacial score (nSPS) is 12.7. The average molecular weight is 875 g/mol. The molecule has 2 amide bonds. The van der Waals surface area contributed by atoms with Gasteiger partial charge < -0.3 is 43.5 Å². The highest BCUT2D eigenvalue weighted by atomic mass is 16.6. The average Bonchev–Trinajstić information content (AvgIpc) is 3.89. The van der Waals surface area contributed by atoms with Crippen molar-refractivity contribution in [3.05, 3.63) is 107 Å². The molecule has 0 aliphatic carbocycles. The zero-order valence-electron chi connectivity index (χ0n) is 39.3. The predicted molar refractivity (Wildman–Crippen MR) is 238 cm³/mol. The summed E-state index contributed by atoms with van der Waals surface area (Å²) >= 11 is 0. The van der Waals surface area contributed by atoms with Crippen LogP contribution in [0, 0.1) is 0 Å². The van der Waals surface area contributed by atoms with Crippen LogP contribution in [0.5, 0.6) is 0 Å². The third kappa shape index (κ3) is 15.1. The maximum absolute atomic E-state index is 13.0. The van der Waals surface area contributed by atoms with Crippen LogP contribution in [-0.4, -0.2) is 101 Å². The van der Waals surface area contributed by atoms with Crippen molar-refractivity contribution in [2.75, 3.05) is 27.3 Å². The first-order chi connectivity index (χ1) is 29.3. The van der Waals surface area contributed by atoms with Gasteiger partial charge in [-0.15, -0.1) is 0 Å². The van der Waals surface area contributed by atoms with Crippen molar-refractivity contribution in [1.82, 2.24) is 20.1 Å². The van der Waals surface area contributed by atoms with Crippen LogP contribution in [0.3, 0.4) is 0 Å². The van der Waals surface area contributed by atoms with Crippen LogP contribution in [0.4, 0.5) is 9.59 Å². The van der Waals surface area contributed by atoms with E-state index in [4.69, 9.17) is 38.7 Å². The van der Waals surface area contributed by atoms with Crippen molar-refractivity contribution < 1.29 is 47.2 Å². The summed E-state index contributed by atoms with van der Waals surface area (Å²) in [5.41, 5.74) is 6.47. The fourth-order valence-electron chi connectivity index (χ4n) is 5.68. The number of aliphatic imine (C=N–C) groups is 1. The number of hydrogen-bond acceptors (Lipinski definition) is 14. The molecule has 4 rings (SSSR count). The first-order valence-electron chi connectivity index (χ1n) is 20.9. The van der Waals surface area contributed by atoms with E-state index in [9.17, 15) is 19.2 Å². The molecule has 344 valence electrons. The van der Waals surface area contributed by atoms with Crippen LogP contribution in [0.25, 0.3) is 0 Å². The number of ether oxygens (including phenoxy) is 4. The van der Waals surface area contributed by atoms with E-state index >= 15 is 0 Å². The molecule has 2 aromatic carbocycles. The van der Waals surface area contributed by atoms with E-state index in [1.165, 1.54) is 9.80 Å². The molecule has 0 aliphatic heterocycles. The van der Waals surface area contributed by atoms with E-state index in [0.29, 0.717) is 28.6 Å². The van der Waals surface area contributed by atoms with Gasteiger partial charge in [0.2, 0.25) is 0 Å². The van der Waals surface area contributed by atoms with Crippen LogP contribution in [0.1, 0.15) is 117 Å². The second kappa shape index (κ2) is 21.9. The fourth-order valence-corrected chi connectivity index (χ4v) is 5.68. The lowest BCUT2D eigenvalue weighted by Crippen LogP contribution is -2.45. The van der Waals surface area contributed by atoms with Gasteiger partial charge in [-0.1, -0.05) is 71.0 Å².